The standard InChI is InChI=1S/C17H15Cl3IN3O2/c1-10(25)22-13-5-7-14(8-6-13)23-16(17(18,19)20)24-15(26)11-3-2-4-12(21)9-11/h2-9,16,23H,1H3,(H,22,25)(H,24,26). The Morgan fingerprint density at radius 2 is 1.65 bits per heavy atom. The molecule has 9 heteroatoms. The van der Waals surface area contributed by atoms with Crippen molar-refractivity contribution in [2.45, 2.75) is 16.9 Å². The van der Waals surface area contributed by atoms with E-state index >= 15 is 0 Å². The Morgan fingerprint density at radius 1 is 1.04 bits per heavy atom. The SMILES string of the molecule is CC(=O)Nc1ccc(NC(NC(=O)c2cccc(I)c2)C(Cl)(Cl)Cl)cc1. The summed E-state index contributed by atoms with van der Waals surface area (Å²) < 4.78 is -0.865. The van der Waals surface area contributed by atoms with Crippen LogP contribution in [0.4, 0.5) is 11.4 Å². The highest BCUT2D eigenvalue weighted by atomic mass is 127. The van der Waals surface area contributed by atoms with Crippen molar-refractivity contribution in [3.8, 4) is 0 Å². The number of alkyl halides is 3. The predicted octanol–water partition coefficient (Wildman–Crippen LogP) is 4.79. The minimum atomic E-state index is -1.78. The van der Waals surface area contributed by atoms with Gasteiger partial charge in [-0.3, -0.25) is 9.59 Å². The van der Waals surface area contributed by atoms with Gasteiger partial charge in [0.2, 0.25) is 9.70 Å². The van der Waals surface area contributed by atoms with Crippen LogP contribution < -0.4 is 16.0 Å². The molecule has 0 fully saturated rings. The molecule has 0 aromatic heterocycles. The number of carbonyl (C=O) groups is 2. The molecule has 2 aromatic carbocycles. The molecule has 0 saturated heterocycles. The quantitative estimate of drug-likeness (QED) is 0.298. The lowest BCUT2D eigenvalue weighted by molar-refractivity contribution is -0.114. The lowest BCUT2D eigenvalue weighted by atomic mass is 10.2. The fraction of sp³-hybridized carbons (Fsp3) is 0.176. The van der Waals surface area contributed by atoms with Crippen LogP contribution in [0.15, 0.2) is 48.5 Å². The van der Waals surface area contributed by atoms with Crippen molar-refractivity contribution in [2.24, 2.45) is 0 Å². The average Bonchev–Trinajstić information content (AvgIpc) is 2.54. The van der Waals surface area contributed by atoms with Crippen molar-refractivity contribution in [1.29, 1.82) is 0 Å². The van der Waals surface area contributed by atoms with Crippen LogP contribution in [0, 0.1) is 3.57 Å². The highest BCUT2D eigenvalue weighted by Gasteiger charge is 2.34. The number of rotatable bonds is 5. The number of halogens is 4. The van der Waals surface area contributed by atoms with Gasteiger partial charge in [0.1, 0.15) is 6.17 Å². The van der Waals surface area contributed by atoms with E-state index in [1.165, 1.54) is 6.92 Å². The van der Waals surface area contributed by atoms with Crippen LogP contribution in [0.25, 0.3) is 0 Å². The second kappa shape index (κ2) is 9.12. The first-order valence-corrected chi connectivity index (χ1v) is 9.64. The number of nitrogens with one attached hydrogen (secondary N) is 3. The van der Waals surface area contributed by atoms with Gasteiger partial charge in [0.25, 0.3) is 5.91 Å². The van der Waals surface area contributed by atoms with E-state index in [1.54, 1.807) is 42.5 Å². The number of hydrogen-bond acceptors (Lipinski definition) is 3. The lowest BCUT2D eigenvalue weighted by Crippen LogP contribution is -2.49. The third kappa shape index (κ3) is 6.50. The molecule has 0 aliphatic rings. The molecular weight excluding hydrogens is 511 g/mol. The number of carbonyl (C=O) groups excluding carboxylic acids is 2. The molecule has 2 rings (SSSR count). The molecule has 138 valence electrons. The summed E-state index contributed by atoms with van der Waals surface area (Å²) in [6, 6.07) is 13.8. The zero-order valence-electron chi connectivity index (χ0n) is 13.5. The van der Waals surface area contributed by atoms with Gasteiger partial charge >= 0.3 is 0 Å². The van der Waals surface area contributed by atoms with Gasteiger partial charge < -0.3 is 16.0 Å². The monoisotopic (exact) mass is 525 g/mol. The normalized spacial score (nSPS) is 12.2. The summed E-state index contributed by atoms with van der Waals surface area (Å²) in [5, 5.41) is 8.31. The molecule has 0 aliphatic carbocycles. The first-order valence-electron chi connectivity index (χ1n) is 7.42. The van der Waals surface area contributed by atoms with Gasteiger partial charge in [-0.25, -0.2) is 0 Å². The van der Waals surface area contributed by atoms with Crippen LogP contribution >= 0.6 is 57.4 Å². The smallest absolute Gasteiger partial charge is 0.253 e. The van der Waals surface area contributed by atoms with Crippen LogP contribution in [-0.4, -0.2) is 21.8 Å². The maximum absolute atomic E-state index is 12.4. The predicted molar refractivity (Wildman–Crippen MR) is 115 cm³/mol. The van der Waals surface area contributed by atoms with Crippen molar-refractivity contribution in [3.63, 3.8) is 0 Å². The van der Waals surface area contributed by atoms with Crippen LogP contribution in [0.2, 0.25) is 0 Å². The summed E-state index contributed by atoms with van der Waals surface area (Å²) >= 11 is 20.1. The summed E-state index contributed by atoms with van der Waals surface area (Å²) in [6.07, 6.45) is -0.968. The van der Waals surface area contributed by atoms with Gasteiger partial charge in [-0.05, 0) is 65.1 Å². The fourth-order valence-electron chi connectivity index (χ4n) is 2.06. The zero-order chi connectivity index (χ0) is 19.3. The van der Waals surface area contributed by atoms with Gasteiger partial charge in [0.05, 0.1) is 0 Å². The van der Waals surface area contributed by atoms with Gasteiger partial charge in [-0.15, -0.1) is 0 Å². The Bertz CT molecular complexity index is 795. The highest BCUT2D eigenvalue weighted by Crippen LogP contribution is 2.31. The van der Waals surface area contributed by atoms with Crippen LogP contribution in [-0.2, 0) is 4.79 Å². The Balaban J connectivity index is 2.12. The molecule has 0 spiro atoms. The number of anilines is 2. The van der Waals surface area contributed by atoms with E-state index in [0.29, 0.717) is 16.9 Å². The Morgan fingerprint density at radius 3 is 2.19 bits per heavy atom. The molecule has 3 N–H and O–H groups in total. The topological polar surface area (TPSA) is 70.2 Å². The van der Waals surface area contributed by atoms with Crippen molar-refractivity contribution in [1.82, 2.24) is 5.32 Å². The van der Waals surface area contributed by atoms with Gasteiger partial charge in [-0.1, -0.05) is 40.9 Å². The summed E-state index contributed by atoms with van der Waals surface area (Å²) in [6.45, 7) is 1.42. The summed E-state index contributed by atoms with van der Waals surface area (Å²) in [5.41, 5.74) is 1.70. The van der Waals surface area contributed by atoms with E-state index in [4.69, 9.17) is 34.8 Å². The molecule has 0 heterocycles. The summed E-state index contributed by atoms with van der Waals surface area (Å²) in [5.74, 6) is -0.545. The lowest BCUT2D eigenvalue weighted by Gasteiger charge is -2.27. The molecule has 0 bridgehead atoms. The second-order valence-corrected chi connectivity index (χ2v) is 8.98. The summed E-state index contributed by atoms with van der Waals surface area (Å²) in [4.78, 5) is 23.5. The molecule has 5 nitrogen and oxygen atoms in total. The van der Waals surface area contributed by atoms with Crippen molar-refractivity contribution in [3.05, 3.63) is 57.7 Å². The van der Waals surface area contributed by atoms with Crippen molar-refractivity contribution < 1.29 is 9.59 Å². The van der Waals surface area contributed by atoms with E-state index < -0.39 is 9.96 Å². The molecule has 0 radical (unpaired) electrons. The van der Waals surface area contributed by atoms with Crippen LogP contribution in [0.5, 0.6) is 0 Å². The van der Waals surface area contributed by atoms with Crippen LogP contribution in [0.3, 0.4) is 0 Å². The number of hydrogen-bond donors (Lipinski definition) is 3. The van der Waals surface area contributed by atoms with E-state index in [9.17, 15) is 9.59 Å². The third-order valence-corrected chi connectivity index (χ3v) is 4.53. The fourth-order valence-corrected chi connectivity index (χ4v) is 2.93. The van der Waals surface area contributed by atoms with Crippen molar-refractivity contribution >= 4 is 80.6 Å². The zero-order valence-corrected chi connectivity index (χ0v) is 17.9. The third-order valence-electron chi connectivity index (χ3n) is 3.21. The Hall–Kier alpha value is -1.22. The first kappa shape index (κ1) is 21.1. The van der Waals surface area contributed by atoms with Crippen molar-refractivity contribution in [2.75, 3.05) is 10.6 Å². The average molecular weight is 527 g/mol. The molecule has 2 amide bonds. The molecule has 1 unspecified atom stereocenters. The minimum Gasteiger partial charge on any atom is -0.362 e. The van der Waals surface area contributed by atoms with Gasteiger partial charge in [0, 0.05) is 27.4 Å². The van der Waals surface area contributed by atoms with E-state index in [-0.39, 0.29) is 11.8 Å². The van der Waals surface area contributed by atoms with Gasteiger partial charge in [0.15, 0.2) is 0 Å². The number of amides is 2. The summed E-state index contributed by atoms with van der Waals surface area (Å²) in [7, 11) is 0. The van der Waals surface area contributed by atoms with E-state index in [2.05, 4.69) is 38.5 Å². The van der Waals surface area contributed by atoms with Crippen LogP contribution in [0.1, 0.15) is 17.3 Å². The maximum Gasteiger partial charge on any atom is 0.253 e. The Kier molecular flexibility index (Phi) is 7.40. The molecular formula is C17H15Cl3IN3O2. The van der Waals surface area contributed by atoms with E-state index in [1.807, 2.05) is 6.07 Å². The highest BCUT2D eigenvalue weighted by molar-refractivity contribution is 14.1. The maximum atomic E-state index is 12.4. The second-order valence-electron chi connectivity index (χ2n) is 5.36. The Labute approximate surface area is 179 Å². The van der Waals surface area contributed by atoms with E-state index in [0.717, 1.165) is 3.57 Å². The minimum absolute atomic E-state index is 0.172. The molecule has 2 aromatic rings. The first-order chi connectivity index (χ1) is 12.1. The molecule has 26 heavy (non-hydrogen) atoms. The van der Waals surface area contributed by atoms with Gasteiger partial charge in [-0.2, -0.15) is 0 Å². The largest absolute Gasteiger partial charge is 0.362 e. The molecule has 1 atom stereocenters. The number of benzene rings is 2. The molecule has 0 saturated carbocycles. The molecule has 0 aliphatic heterocycles.